The lowest BCUT2D eigenvalue weighted by atomic mass is 10.0. The smallest absolute Gasteiger partial charge is 0.223 e. The summed E-state index contributed by atoms with van der Waals surface area (Å²) in [5.41, 5.74) is 1.09. The molecule has 0 bridgehead atoms. The molecule has 1 amide bonds. The van der Waals surface area contributed by atoms with Crippen LogP contribution in [0.3, 0.4) is 0 Å². The summed E-state index contributed by atoms with van der Waals surface area (Å²) >= 11 is 6.30. The maximum absolute atomic E-state index is 12.5. The second-order valence-corrected chi connectivity index (χ2v) is 6.35. The van der Waals surface area contributed by atoms with Crippen molar-refractivity contribution in [2.45, 2.75) is 50.7 Å². The van der Waals surface area contributed by atoms with E-state index in [9.17, 15) is 4.79 Å². The molecule has 3 nitrogen and oxygen atoms in total. The number of carbonyl (C=O) groups is 1. The Morgan fingerprint density at radius 2 is 2.14 bits per heavy atom. The highest BCUT2D eigenvalue weighted by Crippen LogP contribution is 2.36. The summed E-state index contributed by atoms with van der Waals surface area (Å²) in [6.45, 7) is 1.70. The minimum atomic E-state index is 0.149. The van der Waals surface area contributed by atoms with Gasteiger partial charge >= 0.3 is 0 Å². The molecule has 4 heteroatoms. The molecule has 2 atom stereocenters. The summed E-state index contributed by atoms with van der Waals surface area (Å²) < 4.78 is 5.60. The molecule has 2 heterocycles. The van der Waals surface area contributed by atoms with E-state index in [0.717, 1.165) is 55.8 Å². The number of ether oxygens (including phenoxy) is 1. The largest absolute Gasteiger partial charge is 0.378 e. The Kier molecular flexibility index (Phi) is 4.81. The zero-order chi connectivity index (χ0) is 14.7. The van der Waals surface area contributed by atoms with Gasteiger partial charge in [-0.05, 0) is 43.7 Å². The fourth-order valence-electron chi connectivity index (χ4n) is 3.43. The Hall–Kier alpha value is -1.06. The van der Waals surface area contributed by atoms with Crippen LogP contribution in [-0.2, 0) is 9.53 Å². The van der Waals surface area contributed by atoms with Crippen molar-refractivity contribution in [1.29, 1.82) is 0 Å². The van der Waals surface area contributed by atoms with Crippen molar-refractivity contribution in [3.63, 3.8) is 0 Å². The monoisotopic (exact) mass is 307 g/mol. The normalized spacial score (nSPS) is 25.5. The van der Waals surface area contributed by atoms with Gasteiger partial charge in [0.05, 0.1) is 12.1 Å². The van der Waals surface area contributed by atoms with Crippen LogP contribution in [0.1, 0.15) is 50.1 Å². The van der Waals surface area contributed by atoms with Crippen molar-refractivity contribution < 1.29 is 9.53 Å². The van der Waals surface area contributed by atoms with Crippen molar-refractivity contribution in [3.8, 4) is 0 Å². The highest BCUT2D eigenvalue weighted by atomic mass is 35.5. The zero-order valence-corrected chi connectivity index (χ0v) is 13.0. The van der Waals surface area contributed by atoms with E-state index in [-0.39, 0.29) is 18.1 Å². The molecular formula is C17H22ClNO2. The van der Waals surface area contributed by atoms with E-state index in [0.29, 0.717) is 6.42 Å². The fraction of sp³-hybridized carbons (Fsp3) is 0.588. The highest BCUT2D eigenvalue weighted by molar-refractivity contribution is 6.31. The minimum absolute atomic E-state index is 0.149. The number of carbonyl (C=O) groups excluding carboxylic acids is 1. The maximum Gasteiger partial charge on any atom is 0.223 e. The fourth-order valence-corrected chi connectivity index (χ4v) is 3.70. The van der Waals surface area contributed by atoms with Gasteiger partial charge in [-0.2, -0.15) is 0 Å². The Balaban J connectivity index is 1.63. The van der Waals surface area contributed by atoms with Crippen molar-refractivity contribution in [2.75, 3.05) is 13.2 Å². The number of benzene rings is 1. The van der Waals surface area contributed by atoms with Gasteiger partial charge in [0.2, 0.25) is 5.91 Å². The van der Waals surface area contributed by atoms with Gasteiger partial charge in [-0.15, -0.1) is 0 Å². The first-order chi connectivity index (χ1) is 10.3. The lowest BCUT2D eigenvalue weighted by Gasteiger charge is -2.26. The maximum atomic E-state index is 12.5. The van der Waals surface area contributed by atoms with Crippen LogP contribution in [0.2, 0.25) is 5.02 Å². The Bertz CT molecular complexity index is 499. The van der Waals surface area contributed by atoms with Crippen LogP contribution < -0.4 is 0 Å². The zero-order valence-electron chi connectivity index (χ0n) is 12.3. The van der Waals surface area contributed by atoms with Crippen LogP contribution in [0.15, 0.2) is 24.3 Å². The summed E-state index contributed by atoms with van der Waals surface area (Å²) in [4.78, 5) is 14.5. The van der Waals surface area contributed by atoms with Gasteiger partial charge in [-0.25, -0.2) is 0 Å². The summed E-state index contributed by atoms with van der Waals surface area (Å²) in [6, 6.07) is 8.03. The number of hydrogen-bond donors (Lipinski definition) is 0. The molecule has 2 saturated heterocycles. The number of likely N-dealkylation sites (tertiary alicyclic amines) is 1. The SMILES string of the molecule is O=C(CCC1CCCO1)N1CCCC1c1ccccc1Cl. The molecule has 0 saturated carbocycles. The Morgan fingerprint density at radius 3 is 2.90 bits per heavy atom. The molecule has 2 aliphatic heterocycles. The van der Waals surface area contributed by atoms with E-state index in [4.69, 9.17) is 16.3 Å². The average Bonchev–Trinajstić information content (AvgIpc) is 3.16. The van der Waals surface area contributed by atoms with Crippen LogP contribution >= 0.6 is 11.6 Å². The predicted octanol–water partition coefficient (Wildman–Crippen LogP) is 3.96. The van der Waals surface area contributed by atoms with Crippen molar-refractivity contribution in [1.82, 2.24) is 4.90 Å². The second kappa shape index (κ2) is 6.80. The van der Waals surface area contributed by atoms with E-state index >= 15 is 0 Å². The molecule has 2 fully saturated rings. The molecular weight excluding hydrogens is 286 g/mol. The molecule has 3 rings (SSSR count). The third-order valence-corrected chi connectivity index (χ3v) is 4.89. The Labute approximate surface area is 131 Å². The van der Waals surface area contributed by atoms with Crippen LogP contribution in [0.25, 0.3) is 0 Å². The minimum Gasteiger partial charge on any atom is -0.378 e. The third kappa shape index (κ3) is 3.41. The number of rotatable bonds is 4. The van der Waals surface area contributed by atoms with Gasteiger partial charge in [-0.1, -0.05) is 29.8 Å². The van der Waals surface area contributed by atoms with Gasteiger partial charge in [0.15, 0.2) is 0 Å². The average molecular weight is 308 g/mol. The van der Waals surface area contributed by atoms with Gasteiger partial charge in [-0.3, -0.25) is 4.79 Å². The molecule has 1 aromatic carbocycles. The molecule has 114 valence electrons. The topological polar surface area (TPSA) is 29.5 Å². The molecule has 0 aromatic heterocycles. The number of hydrogen-bond acceptors (Lipinski definition) is 2. The molecule has 2 unspecified atom stereocenters. The molecule has 21 heavy (non-hydrogen) atoms. The first kappa shape index (κ1) is 14.9. The Morgan fingerprint density at radius 1 is 1.29 bits per heavy atom. The standard InChI is InChI=1S/C17H22ClNO2/c18-15-7-2-1-6-14(15)16-8-3-11-19(16)17(20)10-9-13-5-4-12-21-13/h1-2,6-7,13,16H,3-5,8-12H2. The van der Waals surface area contributed by atoms with E-state index in [1.807, 2.05) is 29.2 Å². The van der Waals surface area contributed by atoms with E-state index in [1.165, 1.54) is 0 Å². The summed E-state index contributed by atoms with van der Waals surface area (Å²) in [7, 11) is 0. The number of amides is 1. The van der Waals surface area contributed by atoms with Crippen LogP contribution in [0.4, 0.5) is 0 Å². The quantitative estimate of drug-likeness (QED) is 0.842. The van der Waals surface area contributed by atoms with Crippen LogP contribution in [0.5, 0.6) is 0 Å². The molecule has 0 radical (unpaired) electrons. The van der Waals surface area contributed by atoms with Gasteiger partial charge in [0.1, 0.15) is 0 Å². The van der Waals surface area contributed by atoms with E-state index in [2.05, 4.69) is 0 Å². The van der Waals surface area contributed by atoms with Gasteiger partial charge in [0.25, 0.3) is 0 Å². The first-order valence-corrected chi connectivity index (χ1v) is 8.29. The first-order valence-electron chi connectivity index (χ1n) is 7.91. The molecule has 2 aliphatic rings. The van der Waals surface area contributed by atoms with Crippen molar-refractivity contribution >= 4 is 17.5 Å². The molecule has 0 N–H and O–H groups in total. The summed E-state index contributed by atoms with van der Waals surface area (Å²) in [6.07, 6.45) is 6.02. The lowest BCUT2D eigenvalue weighted by Crippen LogP contribution is -2.31. The lowest BCUT2D eigenvalue weighted by molar-refractivity contribution is -0.132. The van der Waals surface area contributed by atoms with E-state index in [1.54, 1.807) is 0 Å². The second-order valence-electron chi connectivity index (χ2n) is 5.94. The van der Waals surface area contributed by atoms with E-state index < -0.39 is 0 Å². The molecule has 0 spiro atoms. The third-order valence-electron chi connectivity index (χ3n) is 4.54. The van der Waals surface area contributed by atoms with Crippen molar-refractivity contribution in [2.24, 2.45) is 0 Å². The summed E-state index contributed by atoms with van der Waals surface area (Å²) in [5, 5.41) is 0.765. The number of nitrogens with zero attached hydrogens (tertiary/aromatic N) is 1. The van der Waals surface area contributed by atoms with Crippen LogP contribution in [-0.4, -0.2) is 30.1 Å². The molecule has 0 aliphatic carbocycles. The van der Waals surface area contributed by atoms with Crippen LogP contribution in [0, 0.1) is 0 Å². The van der Waals surface area contributed by atoms with Gasteiger partial charge < -0.3 is 9.64 Å². The molecule has 1 aromatic rings. The van der Waals surface area contributed by atoms with Gasteiger partial charge in [0, 0.05) is 24.6 Å². The summed E-state index contributed by atoms with van der Waals surface area (Å²) in [5.74, 6) is 0.243. The predicted molar refractivity (Wildman–Crippen MR) is 83.3 cm³/mol. The highest BCUT2D eigenvalue weighted by Gasteiger charge is 2.31. The van der Waals surface area contributed by atoms with Crippen molar-refractivity contribution in [3.05, 3.63) is 34.9 Å². The number of halogens is 1.